The van der Waals surface area contributed by atoms with E-state index in [9.17, 15) is 4.39 Å². The Morgan fingerprint density at radius 3 is 2.84 bits per heavy atom. The van der Waals surface area contributed by atoms with Crippen LogP contribution in [0.15, 0.2) is 35.1 Å². The van der Waals surface area contributed by atoms with Crippen LogP contribution in [0, 0.1) is 5.82 Å². The Morgan fingerprint density at radius 1 is 1.32 bits per heavy atom. The van der Waals surface area contributed by atoms with Crippen LogP contribution in [-0.4, -0.2) is 15.4 Å². The quantitative estimate of drug-likeness (QED) is 0.755. The number of nitrogens with zero attached hydrogens (tertiary/aromatic N) is 2. The molecule has 0 radical (unpaired) electrons. The summed E-state index contributed by atoms with van der Waals surface area (Å²) in [4.78, 5) is 0. The minimum Gasteiger partial charge on any atom is -0.367 e. The van der Waals surface area contributed by atoms with Crippen LogP contribution in [0.25, 0.3) is 22.4 Å². The third-order valence-electron chi connectivity index (χ3n) is 2.70. The summed E-state index contributed by atoms with van der Waals surface area (Å²) in [6, 6.07) is 4.39. The molecule has 0 saturated carbocycles. The van der Waals surface area contributed by atoms with Gasteiger partial charge in [0, 0.05) is 17.3 Å². The minimum atomic E-state index is -0.493. The lowest BCUT2D eigenvalue weighted by Gasteiger charge is -2.05. The van der Waals surface area contributed by atoms with Gasteiger partial charge in [0.1, 0.15) is 11.5 Å². The van der Waals surface area contributed by atoms with Crippen molar-refractivity contribution in [1.82, 2.24) is 15.4 Å². The summed E-state index contributed by atoms with van der Waals surface area (Å²) < 4.78 is 18.9. The molecular formula is C12H8ClFN4O. The smallest absolute Gasteiger partial charge is 0.230 e. The molecule has 19 heavy (non-hydrogen) atoms. The van der Waals surface area contributed by atoms with E-state index < -0.39 is 5.82 Å². The van der Waals surface area contributed by atoms with Gasteiger partial charge in [-0.25, -0.2) is 4.39 Å². The summed E-state index contributed by atoms with van der Waals surface area (Å²) in [5.74, 6) is -0.490. The Labute approximate surface area is 112 Å². The molecule has 2 aromatic heterocycles. The van der Waals surface area contributed by atoms with Crippen molar-refractivity contribution in [2.24, 2.45) is 0 Å². The van der Waals surface area contributed by atoms with E-state index in [-0.39, 0.29) is 16.5 Å². The first-order valence-electron chi connectivity index (χ1n) is 5.37. The Bertz CT molecular complexity index is 703. The lowest BCUT2D eigenvalue weighted by Crippen LogP contribution is -1.91. The van der Waals surface area contributed by atoms with Crippen LogP contribution in [0.1, 0.15) is 0 Å². The van der Waals surface area contributed by atoms with E-state index in [0.717, 1.165) is 0 Å². The molecule has 7 heteroatoms. The fraction of sp³-hybridized carbons (Fsp3) is 0. The minimum absolute atomic E-state index is 0.00296. The van der Waals surface area contributed by atoms with E-state index >= 15 is 0 Å². The van der Waals surface area contributed by atoms with Gasteiger partial charge in [-0.1, -0.05) is 22.8 Å². The summed E-state index contributed by atoms with van der Waals surface area (Å²) in [7, 11) is 0. The van der Waals surface area contributed by atoms with E-state index in [1.54, 1.807) is 12.3 Å². The number of benzene rings is 1. The molecule has 3 N–H and O–H groups in total. The summed E-state index contributed by atoms with van der Waals surface area (Å²) in [6.45, 7) is 0. The SMILES string of the molecule is Nc1onc(-c2cn[nH]c2)c1-c1c(F)cccc1Cl. The number of halogens is 2. The molecular weight excluding hydrogens is 271 g/mol. The molecule has 0 amide bonds. The zero-order valence-corrected chi connectivity index (χ0v) is 10.3. The summed E-state index contributed by atoms with van der Waals surface area (Å²) >= 11 is 6.04. The molecule has 0 fully saturated rings. The number of hydrogen-bond donors (Lipinski definition) is 2. The zero-order valence-electron chi connectivity index (χ0n) is 9.52. The zero-order chi connectivity index (χ0) is 13.4. The molecule has 5 nitrogen and oxygen atoms in total. The largest absolute Gasteiger partial charge is 0.367 e. The second-order valence-electron chi connectivity index (χ2n) is 3.85. The fourth-order valence-corrected chi connectivity index (χ4v) is 2.12. The maximum Gasteiger partial charge on any atom is 0.230 e. The highest BCUT2D eigenvalue weighted by Crippen LogP contribution is 2.40. The molecule has 96 valence electrons. The summed E-state index contributed by atoms with van der Waals surface area (Å²) in [5, 5.41) is 10.5. The molecule has 3 rings (SSSR count). The van der Waals surface area contributed by atoms with Crippen LogP contribution < -0.4 is 5.73 Å². The Morgan fingerprint density at radius 2 is 2.16 bits per heavy atom. The number of nitrogen functional groups attached to an aromatic ring is 1. The van der Waals surface area contributed by atoms with E-state index in [1.807, 2.05) is 0 Å². The second kappa shape index (κ2) is 4.40. The number of hydrogen-bond acceptors (Lipinski definition) is 4. The lowest BCUT2D eigenvalue weighted by atomic mass is 10.0. The van der Waals surface area contributed by atoms with E-state index in [0.29, 0.717) is 16.8 Å². The van der Waals surface area contributed by atoms with Crippen molar-refractivity contribution in [3.05, 3.63) is 41.4 Å². The fourth-order valence-electron chi connectivity index (χ4n) is 1.86. The molecule has 0 aliphatic heterocycles. The molecule has 2 heterocycles. The highest BCUT2D eigenvalue weighted by Gasteiger charge is 2.22. The van der Waals surface area contributed by atoms with Crippen LogP contribution in [-0.2, 0) is 0 Å². The van der Waals surface area contributed by atoms with Gasteiger partial charge >= 0.3 is 0 Å². The molecule has 0 bridgehead atoms. The molecule has 0 atom stereocenters. The molecule has 0 saturated heterocycles. The normalized spacial score (nSPS) is 10.8. The van der Waals surface area contributed by atoms with Crippen molar-refractivity contribution in [3.63, 3.8) is 0 Å². The number of rotatable bonds is 2. The second-order valence-corrected chi connectivity index (χ2v) is 4.26. The monoisotopic (exact) mass is 278 g/mol. The molecule has 0 aliphatic carbocycles. The van der Waals surface area contributed by atoms with Gasteiger partial charge in [-0.3, -0.25) is 5.10 Å². The number of aromatic amines is 1. The van der Waals surface area contributed by atoms with Gasteiger partial charge in [-0.2, -0.15) is 5.10 Å². The first kappa shape index (κ1) is 11.7. The van der Waals surface area contributed by atoms with E-state index in [4.69, 9.17) is 21.9 Å². The Balaban J connectivity index is 2.29. The number of aromatic nitrogens is 3. The van der Waals surface area contributed by atoms with Gasteiger partial charge < -0.3 is 10.3 Å². The molecule has 0 aliphatic rings. The Hall–Kier alpha value is -2.34. The number of nitrogens with one attached hydrogen (secondary N) is 1. The summed E-state index contributed by atoms with van der Waals surface area (Å²) in [5.41, 5.74) is 7.24. The predicted molar refractivity (Wildman–Crippen MR) is 68.9 cm³/mol. The third-order valence-corrected chi connectivity index (χ3v) is 3.02. The van der Waals surface area contributed by atoms with Crippen molar-refractivity contribution < 1.29 is 8.91 Å². The highest BCUT2D eigenvalue weighted by atomic mass is 35.5. The topological polar surface area (TPSA) is 80.7 Å². The third kappa shape index (κ3) is 1.86. The van der Waals surface area contributed by atoms with Crippen molar-refractivity contribution in [1.29, 1.82) is 0 Å². The van der Waals surface area contributed by atoms with Crippen molar-refractivity contribution in [3.8, 4) is 22.4 Å². The van der Waals surface area contributed by atoms with Crippen LogP contribution in [0.3, 0.4) is 0 Å². The molecule has 0 spiro atoms. The average Bonchev–Trinajstić information content (AvgIpc) is 2.99. The number of anilines is 1. The first-order chi connectivity index (χ1) is 9.18. The molecule has 3 aromatic rings. The van der Waals surface area contributed by atoms with E-state index in [1.165, 1.54) is 18.3 Å². The van der Waals surface area contributed by atoms with Crippen LogP contribution in [0.2, 0.25) is 5.02 Å². The van der Waals surface area contributed by atoms with Gasteiger partial charge in [0.2, 0.25) is 5.88 Å². The average molecular weight is 279 g/mol. The standard InChI is InChI=1S/C12H8ClFN4O/c13-7-2-1-3-8(14)9(7)10-11(18-19-12(10)15)6-4-16-17-5-6/h1-5H,15H2,(H,16,17). The van der Waals surface area contributed by atoms with Gasteiger partial charge in [0.25, 0.3) is 0 Å². The maximum absolute atomic E-state index is 14.0. The number of nitrogens with two attached hydrogens (primary N) is 1. The first-order valence-corrected chi connectivity index (χ1v) is 5.75. The molecule has 0 unspecified atom stereocenters. The van der Waals surface area contributed by atoms with Crippen LogP contribution in [0.5, 0.6) is 0 Å². The molecule has 1 aromatic carbocycles. The predicted octanol–water partition coefficient (Wildman–Crippen LogP) is 3.11. The lowest BCUT2D eigenvalue weighted by molar-refractivity contribution is 0.439. The Kier molecular flexibility index (Phi) is 2.72. The van der Waals surface area contributed by atoms with E-state index in [2.05, 4.69) is 15.4 Å². The number of H-pyrrole nitrogens is 1. The van der Waals surface area contributed by atoms with Gasteiger partial charge in [0.15, 0.2) is 0 Å². The summed E-state index contributed by atoms with van der Waals surface area (Å²) in [6.07, 6.45) is 3.14. The van der Waals surface area contributed by atoms with Gasteiger partial charge in [0.05, 0.1) is 16.8 Å². The van der Waals surface area contributed by atoms with Crippen LogP contribution in [0.4, 0.5) is 10.3 Å². The highest BCUT2D eigenvalue weighted by molar-refractivity contribution is 6.33. The van der Waals surface area contributed by atoms with Crippen molar-refractivity contribution in [2.75, 3.05) is 5.73 Å². The van der Waals surface area contributed by atoms with Crippen LogP contribution >= 0.6 is 11.6 Å². The van der Waals surface area contributed by atoms with Crippen molar-refractivity contribution >= 4 is 17.5 Å². The van der Waals surface area contributed by atoms with Gasteiger partial charge in [-0.05, 0) is 12.1 Å². The van der Waals surface area contributed by atoms with Crippen molar-refractivity contribution in [2.45, 2.75) is 0 Å². The van der Waals surface area contributed by atoms with Gasteiger partial charge in [-0.15, -0.1) is 0 Å². The maximum atomic E-state index is 14.0.